The molecular weight excluding hydrogens is 332 g/mol. The van der Waals surface area contributed by atoms with E-state index in [0.29, 0.717) is 12.3 Å². The molecule has 0 unspecified atom stereocenters. The quantitative estimate of drug-likeness (QED) is 0.921. The first kappa shape index (κ1) is 16.4. The van der Waals surface area contributed by atoms with Crippen LogP contribution in [0, 0.1) is 0 Å². The first-order chi connectivity index (χ1) is 12.2. The maximum absolute atomic E-state index is 12.6. The fourth-order valence-corrected chi connectivity index (χ4v) is 4.43. The molecule has 130 valence electrons. The fourth-order valence-electron chi connectivity index (χ4n) is 3.55. The van der Waals surface area contributed by atoms with Crippen molar-refractivity contribution in [1.29, 1.82) is 0 Å². The Hall–Kier alpha value is -2.11. The van der Waals surface area contributed by atoms with Crippen LogP contribution < -0.4 is 0 Å². The summed E-state index contributed by atoms with van der Waals surface area (Å²) < 4.78 is 0. The third-order valence-electron chi connectivity index (χ3n) is 5.05. The number of nitrogens with zero attached hydrogens (tertiary/aromatic N) is 2. The summed E-state index contributed by atoms with van der Waals surface area (Å²) >= 11 is 1.80. The number of hydrogen-bond donors (Lipinski definition) is 1. The lowest BCUT2D eigenvalue weighted by Gasteiger charge is -2.31. The summed E-state index contributed by atoms with van der Waals surface area (Å²) in [5, 5.41) is 11.5. The molecule has 2 aromatic rings. The van der Waals surface area contributed by atoms with Crippen LogP contribution in [0.1, 0.15) is 22.4 Å². The molecular formula is C20H22N2O2S. The summed E-state index contributed by atoms with van der Waals surface area (Å²) in [5.41, 5.74) is 3.77. The molecule has 0 fully saturated rings. The largest absolute Gasteiger partial charge is 0.508 e. The molecule has 5 heteroatoms. The van der Waals surface area contributed by atoms with Gasteiger partial charge in [-0.1, -0.05) is 18.2 Å². The smallest absolute Gasteiger partial charge is 0.237 e. The third-order valence-corrected chi connectivity index (χ3v) is 6.07. The molecule has 0 saturated heterocycles. The first-order valence-corrected chi connectivity index (χ1v) is 9.61. The van der Waals surface area contributed by atoms with Gasteiger partial charge in [0.2, 0.25) is 5.91 Å². The summed E-state index contributed by atoms with van der Waals surface area (Å²) in [6, 6.07) is 9.50. The topological polar surface area (TPSA) is 43.8 Å². The van der Waals surface area contributed by atoms with Crippen molar-refractivity contribution in [2.75, 3.05) is 26.2 Å². The van der Waals surface area contributed by atoms with Crippen molar-refractivity contribution in [3.8, 4) is 5.75 Å². The summed E-state index contributed by atoms with van der Waals surface area (Å²) in [4.78, 5) is 18.3. The van der Waals surface area contributed by atoms with Crippen LogP contribution in [0.25, 0.3) is 5.57 Å². The molecule has 0 radical (unpaired) electrons. The predicted octanol–water partition coefficient (Wildman–Crippen LogP) is 3.13. The number of fused-ring (bicyclic) bond motifs is 1. The van der Waals surface area contributed by atoms with Gasteiger partial charge in [-0.25, -0.2) is 0 Å². The lowest BCUT2D eigenvalue weighted by molar-refractivity contribution is -0.133. The molecule has 0 spiro atoms. The lowest BCUT2D eigenvalue weighted by atomic mass is 9.99. The van der Waals surface area contributed by atoms with Crippen LogP contribution >= 0.6 is 11.3 Å². The Bertz CT molecular complexity index is 794. The van der Waals surface area contributed by atoms with E-state index in [4.69, 9.17) is 0 Å². The average Bonchev–Trinajstić information content (AvgIpc) is 3.11. The van der Waals surface area contributed by atoms with Crippen molar-refractivity contribution in [1.82, 2.24) is 9.80 Å². The maximum Gasteiger partial charge on any atom is 0.237 e. The molecule has 2 aliphatic rings. The van der Waals surface area contributed by atoms with E-state index in [9.17, 15) is 9.90 Å². The molecule has 0 saturated carbocycles. The number of carbonyl (C=O) groups is 1. The van der Waals surface area contributed by atoms with E-state index in [1.807, 2.05) is 17.0 Å². The second kappa shape index (κ2) is 7.02. The van der Waals surface area contributed by atoms with E-state index in [1.165, 1.54) is 16.0 Å². The van der Waals surface area contributed by atoms with E-state index < -0.39 is 0 Å². The van der Waals surface area contributed by atoms with Gasteiger partial charge in [-0.2, -0.15) is 0 Å². The van der Waals surface area contributed by atoms with Gasteiger partial charge in [0.1, 0.15) is 5.75 Å². The fraction of sp³-hybridized carbons (Fsp3) is 0.350. The third kappa shape index (κ3) is 3.62. The number of phenolic OH excluding ortho intramolecular Hbond substituents is 1. The van der Waals surface area contributed by atoms with Crippen molar-refractivity contribution in [2.24, 2.45) is 0 Å². The van der Waals surface area contributed by atoms with Crippen molar-refractivity contribution < 1.29 is 9.90 Å². The minimum Gasteiger partial charge on any atom is -0.508 e. The van der Waals surface area contributed by atoms with Crippen LogP contribution in [-0.4, -0.2) is 47.0 Å². The summed E-state index contributed by atoms with van der Waals surface area (Å²) in [6.45, 7) is 3.81. The van der Waals surface area contributed by atoms with E-state index in [2.05, 4.69) is 22.4 Å². The molecule has 0 aliphatic carbocycles. The van der Waals surface area contributed by atoms with Crippen molar-refractivity contribution in [3.63, 3.8) is 0 Å². The van der Waals surface area contributed by atoms with Gasteiger partial charge in [-0.3, -0.25) is 9.69 Å². The monoisotopic (exact) mass is 354 g/mol. The minimum absolute atomic E-state index is 0.235. The highest BCUT2D eigenvalue weighted by Gasteiger charge is 2.23. The SMILES string of the molecule is O=C(CN1CC=C(c2ccc(O)cc2)CC1)N1CCc2sccc2C1. The Balaban J connectivity index is 1.34. The number of benzene rings is 1. The Labute approximate surface area is 152 Å². The van der Waals surface area contributed by atoms with Gasteiger partial charge in [0.25, 0.3) is 0 Å². The molecule has 1 aromatic carbocycles. The number of thiophene rings is 1. The standard InChI is InChI=1S/C20H22N2O2S/c23-18-3-1-15(2-4-18)16-5-9-21(10-6-16)14-20(24)22-11-7-19-17(13-22)8-12-25-19/h1-5,8,12,23H,6-7,9-11,13-14H2. The van der Waals surface area contributed by atoms with Crippen LogP contribution in [0.4, 0.5) is 0 Å². The maximum atomic E-state index is 12.6. The zero-order chi connectivity index (χ0) is 17.2. The summed E-state index contributed by atoms with van der Waals surface area (Å²) in [7, 11) is 0. The molecule has 0 atom stereocenters. The van der Waals surface area contributed by atoms with Gasteiger partial charge in [0.15, 0.2) is 0 Å². The summed E-state index contributed by atoms with van der Waals surface area (Å²) in [6.07, 6.45) is 4.13. The molecule has 3 heterocycles. The van der Waals surface area contributed by atoms with Crippen molar-refractivity contribution in [2.45, 2.75) is 19.4 Å². The Morgan fingerprint density at radius 3 is 2.72 bits per heavy atom. The number of aromatic hydroxyl groups is 1. The van der Waals surface area contributed by atoms with Gasteiger partial charge < -0.3 is 10.0 Å². The second-order valence-corrected chi connectivity index (χ2v) is 7.70. The average molecular weight is 354 g/mol. The number of phenols is 1. The van der Waals surface area contributed by atoms with Gasteiger partial charge in [-0.15, -0.1) is 11.3 Å². The Morgan fingerprint density at radius 2 is 1.96 bits per heavy atom. The molecule has 0 bridgehead atoms. The zero-order valence-electron chi connectivity index (χ0n) is 14.1. The zero-order valence-corrected chi connectivity index (χ0v) is 15.0. The minimum atomic E-state index is 0.235. The lowest BCUT2D eigenvalue weighted by Crippen LogP contribution is -2.43. The van der Waals surface area contributed by atoms with Gasteiger partial charge in [0, 0.05) is 31.1 Å². The molecule has 1 aromatic heterocycles. The van der Waals surface area contributed by atoms with Crippen molar-refractivity contribution >= 4 is 22.8 Å². The van der Waals surface area contributed by atoms with Gasteiger partial charge in [-0.05, 0) is 53.1 Å². The normalized spacial score (nSPS) is 17.9. The molecule has 1 amide bonds. The number of carbonyl (C=O) groups excluding carboxylic acids is 1. The second-order valence-electron chi connectivity index (χ2n) is 6.70. The van der Waals surface area contributed by atoms with Crippen LogP contribution in [0.3, 0.4) is 0 Å². The van der Waals surface area contributed by atoms with Gasteiger partial charge in [0.05, 0.1) is 6.54 Å². The van der Waals surface area contributed by atoms with Crippen molar-refractivity contribution in [3.05, 3.63) is 57.8 Å². The van der Waals surface area contributed by atoms with Crippen LogP contribution in [0.5, 0.6) is 5.75 Å². The van der Waals surface area contributed by atoms with E-state index in [0.717, 1.165) is 44.6 Å². The van der Waals surface area contributed by atoms with Crippen LogP contribution in [-0.2, 0) is 17.8 Å². The highest BCUT2D eigenvalue weighted by atomic mass is 32.1. The van der Waals surface area contributed by atoms with E-state index in [1.54, 1.807) is 23.5 Å². The highest BCUT2D eigenvalue weighted by Crippen LogP contribution is 2.26. The molecule has 1 N–H and O–H groups in total. The van der Waals surface area contributed by atoms with E-state index in [-0.39, 0.29) is 5.91 Å². The Kier molecular flexibility index (Phi) is 4.59. The molecule has 25 heavy (non-hydrogen) atoms. The van der Waals surface area contributed by atoms with E-state index >= 15 is 0 Å². The van der Waals surface area contributed by atoms with Gasteiger partial charge >= 0.3 is 0 Å². The summed E-state index contributed by atoms with van der Waals surface area (Å²) in [5.74, 6) is 0.529. The molecule has 2 aliphatic heterocycles. The number of rotatable bonds is 3. The first-order valence-electron chi connectivity index (χ1n) is 8.73. The molecule has 4 rings (SSSR count). The number of amides is 1. The Morgan fingerprint density at radius 1 is 1.12 bits per heavy atom. The predicted molar refractivity (Wildman–Crippen MR) is 101 cm³/mol. The molecule has 4 nitrogen and oxygen atoms in total. The van der Waals surface area contributed by atoms with Crippen LogP contribution in [0.15, 0.2) is 41.8 Å². The van der Waals surface area contributed by atoms with Crippen LogP contribution in [0.2, 0.25) is 0 Å². The highest BCUT2D eigenvalue weighted by molar-refractivity contribution is 7.10. The number of hydrogen-bond acceptors (Lipinski definition) is 4.